The van der Waals surface area contributed by atoms with E-state index in [9.17, 15) is 9.59 Å². The third-order valence-electron chi connectivity index (χ3n) is 3.21. The molecule has 1 heterocycles. The summed E-state index contributed by atoms with van der Waals surface area (Å²) in [6, 6.07) is 1.23. The summed E-state index contributed by atoms with van der Waals surface area (Å²) in [5.41, 5.74) is 0.515. The Morgan fingerprint density at radius 2 is 2.11 bits per heavy atom. The summed E-state index contributed by atoms with van der Waals surface area (Å²) in [5, 5.41) is 11.7. The lowest BCUT2D eigenvalue weighted by molar-refractivity contribution is -0.140. The fourth-order valence-electron chi connectivity index (χ4n) is 2.01. The van der Waals surface area contributed by atoms with Crippen molar-refractivity contribution >= 4 is 27.8 Å². The predicted molar refractivity (Wildman–Crippen MR) is 74.1 cm³/mol. The van der Waals surface area contributed by atoms with Crippen LogP contribution >= 0.6 is 15.9 Å². The van der Waals surface area contributed by atoms with Crippen molar-refractivity contribution < 1.29 is 14.7 Å². The number of carbonyl (C=O) groups is 2. The van der Waals surface area contributed by atoms with Gasteiger partial charge in [0.1, 0.15) is 11.7 Å². The molecule has 1 saturated carbocycles. The highest BCUT2D eigenvalue weighted by Crippen LogP contribution is 2.37. The van der Waals surface area contributed by atoms with E-state index in [1.807, 2.05) is 10.8 Å². The quantitative estimate of drug-likeness (QED) is 0.871. The fraction of sp³-hybridized carbons (Fsp3) is 0.538. The van der Waals surface area contributed by atoms with Crippen LogP contribution in [0.3, 0.4) is 0 Å². The van der Waals surface area contributed by atoms with Crippen molar-refractivity contribution in [3.8, 4) is 0 Å². The van der Waals surface area contributed by atoms with Gasteiger partial charge in [-0.25, -0.2) is 4.79 Å². The summed E-state index contributed by atoms with van der Waals surface area (Å²) in [4.78, 5) is 23.3. The van der Waals surface area contributed by atoms with E-state index in [1.54, 1.807) is 19.9 Å². The number of aromatic nitrogens is 1. The summed E-state index contributed by atoms with van der Waals surface area (Å²) in [6.45, 7) is 3.55. The summed E-state index contributed by atoms with van der Waals surface area (Å²) in [6.07, 6.45) is 4.00. The highest BCUT2D eigenvalue weighted by Gasteiger charge is 2.30. The first-order valence-electron chi connectivity index (χ1n) is 6.31. The van der Waals surface area contributed by atoms with Crippen LogP contribution in [0.4, 0.5) is 0 Å². The topological polar surface area (TPSA) is 71.3 Å². The highest BCUT2D eigenvalue weighted by molar-refractivity contribution is 9.10. The van der Waals surface area contributed by atoms with Gasteiger partial charge in [0.25, 0.3) is 5.91 Å². The number of carbonyl (C=O) groups excluding carboxylic acids is 1. The van der Waals surface area contributed by atoms with Crippen LogP contribution in [0.2, 0.25) is 0 Å². The monoisotopic (exact) mass is 328 g/mol. The molecule has 1 aromatic heterocycles. The lowest BCUT2D eigenvalue weighted by atomic mass is 10.0. The number of nitrogens with zero attached hydrogens (tertiary/aromatic N) is 1. The number of carboxylic acids is 1. The van der Waals surface area contributed by atoms with Gasteiger partial charge in [0.15, 0.2) is 0 Å². The first-order chi connectivity index (χ1) is 8.90. The van der Waals surface area contributed by atoms with E-state index in [-0.39, 0.29) is 11.8 Å². The minimum absolute atomic E-state index is 0.158. The van der Waals surface area contributed by atoms with Gasteiger partial charge in [0, 0.05) is 16.7 Å². The van der Waals surface area contributed by atoms with E-state index >= 15 is 0 Å². The Hall–Kier alpha value is -1.30. The number of hydrogen-bond donors (Lipinski definition) is 2. The molecule has 0 radical (unpaired) electrons. The molecule has 1 atom stereocenters. The maximum atomic E-state index is 12.2. The van der Waals surface area contributed by atoms with Crippen LogP contribution < -0.4 is 5.32 Å². The molecule has 1 aliphatic carbocycles. The molecule has 6 heteroatoms. The molecule has 0 bridgehead atoms. The largest absolute Gasteiger partial charge is 0.480 e. The number of carboxylic acid groups (broad SMARTS) is 1. The second kappa shape index (κ2) is 5.36. The highest BCUT2D eigenvalue weighted by atomic mass is 79.9. The number of hydrogen-bond acceptors (Lipinski definition) is 2. The van der Waals surface area contributed by atoms with E-state index in [1.165, 1.54) is 0 Å². The van der Waals surface area contributed by atoms with Crippen LogP contribution in [0.1, 0.15) is 43.2 Å². The van der Waals surface area contributed by atoms with Crippen LogP contribution in [-0.4, -0.2) is 27.6 Å². The van der Waals surface area contributed by atoms with Crippen LogP contribution in [0.5, 0.6) is 0 Å². The summed E-state index contributed by atoms with van der Waals surface area (Å²) in [7, 11) is 0. The van der Waals surface area contributed by atoms with Crippen molar-refractivity contribution in [1.29, 1.82) is 0 Å². The molecule has 0 aliphatic heterocycles. The Morgan fingerprint density at radius 3 is 2.58 bits per heavy atom. The van der Waals surface area contributed by atoms with Crippen molar-refractivity contribution in [3.05, 3.63) is 22.4 Å². The second-order valence-electron chi connectivity index (χ2n) is 5.22. The van der Waals surface area contributed by atoms with Gasteiger partial charge in [-0.3, -0.25) is 4.79 Å². The number of nitrogens with one attached hydrogen (secondary N) is 1. The second-order valence-corrected chi connectivity index (χ2v) is 6.13. The zero-order valence-corrected chi connectivity index (χ0v) is 12.5. The average Bonchev–Trinajstić information content (AvgIpc) is 3.08. The Morgan fingerprint density at radius 1 is 1.47 bits per heavy atom. The van der Waals surface area contributed by atoms with Crippen molar-refractivity contribution in [3.63, 3.8) is 0 Å². The van der Waals surface area contributed by atoms with Crippen LogP contribution in [0.25, 0.3) is 0 Å². The van der Waals surface area contributed by atoms with Crippen LogP contribution in [0.15, 0.2) is 16.7 Å². The molecular formula is C13H17BrN2O3. The van der Waals surface area contributed by atoms with Crippen LogP contribution in [-0.2, 0) is 4.79 Å². The molecule has 1 amide bonds. The Kier molecular flexibility index (Phi) is 3.99. The summed E-state index contributed by atoms with van der Waals surface area (Å²) >= 11 is 3.35. The third-order valence-corrected chi connectivity index (χ3v) is 3.64. The van der Waals surface area contributed by atoms with Gasteiger partial charge in [-0.1, -0.05) is 13.8 Å². The maximum absolute atomic E-state index is 12.2. The van der Waals surface area contributed by atoms with E-state index in [4.69, 9.17) is 5.11 Å². The molecule has 2 N–H and O–H groups in total. The number of rotatable bonds is 5. The molecule has 1 aliphatic rings. The van der Waals surface area contributed by atoms with Crippen molar-refractivity contribution in [2.75, 3.05) is 0 Å². The van der Waals surface area contributed by atoms with Crippen molar-refractivity contribution in [1.82, 2.24) is 9.88 Å². The van der Waals surface area contributed by atoms with Gasteiger partial charge >= 0.3 is 5.97 Å². The molecule has 0 saturated heterocycles. The molecule has 104 valence electrons. The normalized spacial score (nSPS) is 16.4. The molecule has 0 aromatic carbocycles. The standard InChI is InChI=1S/C13H17BrN2O3/c1-7(2)11(13(18)19)15-12(17)10-5-8(14)6-16(10)9-3-4-9/h5-7,9,11H,3-4H2,1-2H3,(H,15,17)(H,18,19). The zero-order valence-electron chi connectivity index (χ0n) is 10.9. The van der Waals surface area contributed by atoms with Crippen LogP contribution in [0, 0.1) is 5.92 Å². The molecule has 19 heavy (non-hydrogen) atoms. The van der Waals surface area contributed by atoms with Gasteiger partial charge in [0.05, 0.1) is 0 Å². The zero-order chi connectivity index (χ0) is 14.2. The van der Waals surface area contributed by atoms with E-state index in [2.05, 4.69) is 21.2 Å². The van der Waals surface area contributed by atoms with Gasteiger partial charge in [-0.2, -0.15) is 0 Å². The lowest BCUT2D eigenvalue weighted by Crippen LogP contribution is -2.44. The number of aliphatic carboxylic acids is 1. The lowest BCUT2D eigenvalue weighted by Gasteiger charge is -2.18. The molecule has 2 rings (SSSR count). The van der Waals surface area contributed by atoms with Gasteiger partial charge < -0.3 is 15.0 Å². The Bertz CT molecular complexity index is 506. The Labute approximate surface area is 120 Å². The van der Waals surface area contributed by atoms with E-state index in [0.29, 0.717) is 11.7 Å². The molecule has 5 nitrogen and oxygen atoms in total. The first-order valence-corrected chi connectivity index (χ1v) is 7.10. The van der Waals surface area contributed by atoms with Gasteiger partial charge in [-0.15, -0.1) is 0 Å². The molecule has 1 aromatic rings. The summed E-state index contributed by atoms with van der Waals surface area (Å²) < 4.78 is 2.75. The minimum Gasteiger partial charge on any atom is -0.480 e. The molecule has 1 fully saturated rings. The van der Waals surface area contributed by atoms with Crippen molar-refractivity contribution in [2.45, 2.75) is 38.8 Å². The SMILES string of the molecule is CC(C)C(NC(=O)c1cc(Br)cn1C1CC1)C(=O)O. The number of amides is 1. The third kappa shape index (κ3) is 3.18. The molecule has 1 unspecified atom stereocenters. The number of halogens is 1. The first kappa shape index (κ1) is 14.1. The fourth-order valence-corrected chi connectivity index (χ4v) is 2.45. The Balaban J connectivity index is 2.17. The minimum atomic E-state index is -1.01. The van der Waals surface area contributed by atoms with E-state index < -0.39 is 12.0 Å². The van der Waals surface area contributed by atoms with E-state index in [0.717, 1.165) is 17.3 Å². The maximum Gasteiger partial charge on any atom is 0.326 e. The molecule has 0 spiro atoms. The average molecular weight is 329 g/mol. The van der Waals surface area contributed by atoms with Gasteiger partial charge in [-0.05, 0) is 40.8 Å². The predicted octanol–water partition coefficient (Wildman–Crippen LogP) is 2.42. The van der Waals surface area contributed by atoms with Gasteiger partial charge in [0.2, 0.25) is 0 Å². The summed E-state index contributed by atoms with van der Waals surface area (Å²) in [5.74, 6) is -1.50. The molecular weight excluding hydrogens is 312 g/mol. The smallest absolute Gasteiger partial charge is 0.326 e. The van der Waals surface area contributed by atoms with Crippen molar-refractivity contribution in [2.24, 2.45) is 5.92 Å².